The van der Waals surface area contributed by atoms with Crippen molar-refractivity contribution in [2.75, 3.05) is 13.1 Å². The van der Waals surface area contributed by atoms with Crippen molar-refractivity contribution in [2.45, 2.75) is 39.0 Å². The van der Waals surface area contributed by atoms with Gasteiger partial charge in [-0.3, -0.25) is 14.9 Å². The molecule has 0 aromatic heterocycles. The molecule has 8 heteroatoms. The van der Waals surface area contributed by atoms with Crippen molar-refractivity contribution in [2.24, 2.45) is 5.41 Å². The number of quaternary nitrogens is 1. The van der Waals surface area contributed by atoms with Crippen LogP contribution in [-0.4, -0.2) is 35.2 Å². The minimum Gasteiger partial charge on any atom is -0.498 e. The zero-order valence-electron chi connectivity index (χ0n) is 17.6. The van der Waals surface area contributed by atoms with Crippen LogP contribution in [0.2, 0.25) is 0 Å². The number of nitro benzene ring substituents is 1. The lowest BCUT2D eigenvalue weighted by Crippen LogP contribution is -2.69. The van der Waals surface area contributed by atoms with Crippen LogP contribution in [0, 0.1) is 15.5 Å². The predicted octanol–water partition coefficient (Wildman–Crippen LogP) is 3.48. The van der Waals surface area contributed by atoms with E-state index in [0.717, 1.165) is 17.5 Å². The van der Waals surface area contributed by atoms with Crippen LogP contribution in [-0.2, 0) is 11.2 Å². The van der Waals surface area contributed by atoms with Crippen molar-refractivity contribution in [1.29, 1.82) is 0 Å². The summed E-state index contributed by atoms with van der Waals surface area (Å²) in [7, 11) is 0. The number of hydrogen-bond donors (Lipinski definition) is 1. The molecule has 1 aliphatic heterocycles. The molecular weight excluding hydrogens is 400 g/mol. The fourth-order valence-electron chi connectivity index (χ4n) is 4.67. The monoisotopic (exact) mass is 426 g/mol. The molecule has 164 valence electrons. The van der Waals surface area contributed by atoms with E-state index in [1.807, 2.05) is 31.2 Å². The second-order valence-corrected chi connectivity index (χ2v) is 8.28. The Labute approximate surface area is 180 Å². The number of piperidine rings is 1. The number of carbonyl (C=O) groups is 2. The number of non-ortho nitro benzene ring substituents is 1. The summed E-state index contributed by atoms with van der Waals surface area (Å²) in [5.41, 5.74) is 0.856. The van der Waals surface area contributed by atoms with Crippen molar-refractivity contribution in [3.8, 4) is 0 Å². The summed E-state index contributed by atoms with van der Waals surface area (Å²) in [6.45, 7) is 3.72. The van der Waals surface area contributed by atoms with E-state index >= 15 is 0 Å². The van der Waals surface area contributed by atoms with Crippen LogP contribution >= 0.6 is 0 Å². The first kappa shape index (κ1) is 22.4. The van der Waals surface area contributed by atoms with Crippen LogP contribution in [0.3, 0.4) is 0 Å². The van der Waals surface area contributed by atoms with Gasteiger partial charge >= 0.3 is 5.97 Å². The van der Waals surface area contributed by atoms with E-state index in [1.54, 1.807) is 6.92 Å². The van der Waals surface area contributed by atoms with Crippen LogP contribution in [0.5, 0.6) is 0 Å². The molecule has 1 N–H and O–H groups in total. The van der Waals surface area contributed by atoms with E-state index in [-0.39, 0.29) is 36.8 Å². The Morgan fingerprint density at radius 2 is 1.74 bits per heavy atom. The maximum absolute atomic E-state index is 12.5. The number of amides is 1. The first-order valence-corrected chi connectivity index (χ1v) is 10.3. The molecule has 0 saturated carbocycles. The van der Waals surface area contributed by atoms with Crippen LogP contribution in [0.1, 0.15) is 43.7 Å². The summed E-state index contributed by atoms with van der Waals surface area (Å²) in [5.74, 6) is -1.38. The Kier molecular flexibility index (Phi) is 6.13. The SMILES string of the molecule is CCc1ccc(C2CC(CC)(C(=O)O)C[N+](C(=O)[O-])(c3ccc([N+](=O)[O-])cc3)C2)cc1. The number of aryl methyl sites for hydroxylation is 1. The van der Waals surface area contributed by atoms with Gasteiger partial charge in [0.05, 0.1) is 11.5 Å². The molecule has 8 nitrogen and oxygen atoms in total. The second kappa shape index (κ2) is 8.47. The predicted molar refractivity (Wildman–Crippen MR) is 114 cm³/mol. The lowest BCUT2D eigenvalue weighted by Gasteiger charge is -2.49. The average molecular weight is 426 g/mol. The van der Waals surface area contributed by atoms with E-state index in [1.165, 1.54) is 24.3 Å². The van der Waals surface area contributed by atoms with Gasteiger partial charge in [-0.25, -0.2) is 4.48 Å². The lowest BCUT2D eigenvalue weighted by molar-refractivity contribution is -0.384. The molecule has 1 fully saturated rings. The number of nitro groups is 1. The smallest absolute Gasteiger partial charge is 0.315 e. The summed E-state index contributed by atoms with van der Waals surface area (Å²) in [6, 6.07) is 13.1. The number of nitrogens with zero attached hydrogens (tertiary/aromatic N) is 2. The fourth-order valence-corrected chi connectivity index (χ4v) is 4.67. The van der Waals surface area contributed by atoms with Gasteiger partial charge in [0, 0.05) is 30.2 Å². The molecule has 3 unspecified atom stereocenters. The highest BCUT2D eigenvalue weighted by Gasteiger charge is 2.55. The van der Waals surface area contributed by atoms with Crippen molar-refractivity contribution in [3.05, 3.63) is 69.8 Å². The third-order valence-electron chi connectivity index (χ3n) is 6.64. The number of likely N-dealkylation sites (tertiary alicyclic amines) is 1. The Balaban J connectivity index is 2.14. The highest BCUT2D eigenvalue weighted by molar-refractivity contribution is 5.83. The maximum atomic E-state index is 12.5. The number of carboxylic acids is 1. The van der Waals surface area contributed by atoms with Gasteiger partial charge in [-0.1, -0.05) is 38.1 Å². The van der Waals surface area contributed by atoms with Crippen LogP contribution in [0.15, 0.2) is 48.5 Å². The van der Waals surface area contributed by atoms with E-state index < -0.39 is 26.9 Å². The molecule has 0 radical (unpaired) electrons. The standard InChI is InChI=1S/C23H26N2O6/c1-3-16-5-7-17(8-6-16)18-13-23(4-2,21(26)27)15-25(14-18,22(28)29)20-11-9-19(10-12-20)24(30)31/h5-12,18H,3-4,13-15H2,1-2H3,(H-,26,27,28,29). The number of carbonyl (C=O) groups excluding carboxylic acids is 1. The molecule has 31 heavy (non-hydrogen) atoms. The zero-order valence-corrected chi connectivity index (χ0v) is 17.6. The van der Waals surface area contributed by atoms with Crippen molar-refractivity contribution >= 4 is 23.4 Å². The Bertz CT molecular complexity index is 988. The number of hydrogen-bond acceptors (Lipinski definition) is 5. The summed E-state index contributed by atoms with van der Waals surface area (Å²) in [4.78, 5) is 35.4. The molecule has 3 rings (SSSR count). The van der Waals surface area contributed by atoms with Gasteiger partial charge in [-0.05, 0) is 30.4 Å². The average Bonchev–Trinajstić information content (AvgIpc) is 2.78. The molecule has 0 spiro atoms. The van der Waals surface area contributed by atoms with Crippen molar-refractivity contribution in [3.63, 3.8) is 0 Å². The molecule has 0 bridgehead atoms. The van der Waals surface area contributed by atoms with Gasteiger partial charge in [0.2, 0.25) is 0 Å². The Morgan fingerprint density at radius 1 is 1.13 bits per heavy atom. The Hall–Kier alpha value is -3.26. The van der Waals surface area contributed by atoms with Crippen molar-refractivity contribution < 1.29 is 24.7 Å². The topological polar surface area (TPSA) is 121 Å². The Morgan fingerprint density at radius 3 is 2.19 bits per heavy atom. The molecule has 1 amide bonds. The number of carboxylic acid groups (broad SMARTS) is 2. The number of rotatable bonds is 6. The molecular formula is C23H26N2O6. The highest BCUT2D eigenvalue weighted by Crippen LogP contribution is 2.46. The minimum atomic E-state index is -1.41. The molecule has 3 atom stereocenters. The van der Waals surface area contributed by atoms with Gasteiger partial charge in [0.15, 0.2) is 0 Å². The van der Waals surface area contributed by atoms with E-state index in [2.05, 4.69) is 0 Å². The summed E-state index contributed by atoms with van der Waals surface area (Å²) < 4.78 is -0.696. The molecule has 0 aliphatic carbocycles. The summed E-state index contributed by atoms with van der Waals surface area (Å²) in [5, 5.41) is 33.7. The van der Waals surface area contributed by atoms with Crippen LogP contribution in [0.25, 0.3) is 0 Å². The molecule has 2 aromatic rings. The van der Waals surface area contributed by atoms with Crippen molar-refractivity contribution in [1.82, 2.24) is 4.48 Å². The lowest BCUT2D eigenvalue weighted by atomic mass is 9.70. The zero-order chi connectivity index (χ0) is 22.8. The second-order valence-electron chi connectivity index (χ2n) is 8.28. The first-order valence-electron chi connectivity index (χ1n) is 10.3. The fraction of sp³-hybridized carbons (Fsp3) is 0.391. The number of aliphatic carboxylic acids is 1. The van der Waals surface area contributed by atoms with Gasteiger partial charge in [-0.2, -0.15) is 0 Å². The first-order chi connectivity index (χ1) is 14.7. The van der Waals surface area contributed by atoms with Gasteiger partial charge < -0.3 is 15.0 Å². The van der Waals surface area contributed by atoms with Gasteiger partial charge in [-0.15, -0.1) is 0 Å². The van der Waals surface area contributed by atoms with E-state index in [0.29, 0.717) is 6.42 Å². The molecule has 1 saturated heterocycles. The van der Waals surface area contributed by atoms with E-state index in [4.69, 9.17) is 0 Å². The highest BCUT2D eigenvalue weighted by atomic mass is 16.6. The third-order valence-corrected chi connectivity index (χ3v) is 6.64. The van der Waals surface area contributed by atoms with Gasteiger partial charge in [0.1, 0.15) is 17.6 Å². The minimum absolute atomic E-state index is 0.112. The molecule has 2 aromatic carbocycles. The maximum Gasteiger partial charge on any atom is 0.315 e. The van der Waals surface area contributed by atoms with E-state index in [9.17, 15) is 29.9 Å². The normalized spacial score (nSPS) is 25.7. The van der Waals surface area contributed by atoms with Gasteiger partial charge in [0.25, 0.3) is 11.8 Å². The molecule has 1 heterocycles. The summed E-state index contributed by atoms with van der Waals surface area (Å²) >= 11 is 0. The van der Waals surface area contributed by atoms with Crippen LogP contribution < -0.4 is 9.59 Å². The third kappa shape index (κ3) is 4.03. The number of benzene rings is 2. The van der Waals surface area contributed by atoms with Crippen LogP contribution in [0.4, 0.5) is 16.2 Å². The summed E-state index contributed by atoms with van der Waals surface area (Å²) in [6.07, 6.45) is 0.0140. The largest absolute Gasteiger partial charge is 0.498 e. The molecule has 1 aliphatic rings. The quantitative estimate of drug-likeness (QED) is 0.429.